The number of carbonyl (C=O) groups is 1. The Morgan fingerprint density at radius 3 is 2.78 bits per heavy atom. The van der Waals surface area contributed by atoms with E-state index in [4.69, 9.17) is 10.5 Å². The Morgan fingerprint density at radius 2 is 2.04 bits per heavy atom. The van der Waals surface area contributed by atoms with E-state index >= 15 is 0 Å². The molecule has 6 heteroatoms. The molecule has 0 fully saturated rings. The van der Waals surface area contributed by atoms with Crippen LogP contribution < -0.4 is 11.1 Å². The molecule has 116 valence electrons. The summed E-state index contributed by atoms with van der Waals surface area (Å²) in [6, 6.07) is 11.5. The van der Waals surface area contributed by atoms with E-state index in [0.29, 0.717) is 5.69 Å². The predicted molar refractivity (Wildman–Crippen MR) is 89.4 cm³/mol. The molecule has 4 N–H and O–H groups in total. The monoisotopic (exact) mass is 308 g/mol. The third-order valence-electron chi connectivity index (χ3n) is 3.42. The van der Waals surface area contributed by atoms with E-state index in [-0.39, 0.29) is 5.70 Å². The number of nitrogens with one attached hydrogen (secondary N) is 2. The van der Waals surface area contributed by atoms with Gasteiger partial charge < -0.3 is 20.8 Å². The summed E-state index contributed by atoms with van der Waals surface area (Å²) >= 11 is 0. The lowest BCUT2D eigenvalue weighted by Gasteiger charge is -2.07. The molecule has 1 amide bonds. The van der Waals surface area contributed by atoms with Crippen molar-refractivity contribution in [1.82, 2.24) is 9.97 Å². The molecule has 2 heterocycles. The molecule has 0 bridgehead atoms. The average Bonchev–Trinajstić information content (AvgIpc) is 3.04. The third-order valence-corrected chi connectivity index (χ3v) is 3.42. The van der Waals surface area contributed by atoms with Crippen molar-refractivity contribution >= 4 is 22.6 Å². The van der Waals surface area contributed by atoms with E-state index in [1.807, 2.05) is 42.6 Å². The summed E-state index contributed by atoms with van der Waals surface area (Å²) < 4.78 is 4.72. The van der Waals surface area contributed by atoms with Crippen molar-refractivity contribution in [3.05, 3.63) is 60.8 Å². The van der Waals surface area contributed by atoms with Crippen LogP contribution in [-0.2, 0) is 9.53 Å². The van der Waals surface area contributed by atoms with Gasteiger partial charge in [0.2, 0.25) is 0 Å². The van der Waals surface area contributed by atoms with Gasteiger partial charge in [-0.2, -0.15) is 0 Å². The van der Waals surface area contributed by atoms with E-state index in [1.54, 1.807) is 6.20 Å². The summed E-state index contributed by atoms with van der Waals surface area (Å²) in [6.45, 7) is 0. The molecule has 0 atom stereocenters. The number of methoxy groups -OCH3 is 1. The number of carbonyl (C=O) groups excluding carboxylic acids is 1. The van der Waals surface area contributed by atoms with Gasteiger partial charge >= 0.3 is 0 Å². The summed E-state index contributed by atoms with van der Waals surface area (Å²) in [5.41, 5.74) is 9.19. The van der Waals surface area contributed by atoms with E-state index in [9.17, 15) is 4.79 Å². The van der Waals surface area contributed by atoms with Crippen LogP contribution in [0.2, 0.25) is 0 Å². The molecule has 0 saturated carbocycles. The number of anilines is 1. The summed E-state index contributed by atoms with van der Waals surface area (Å²) in [7, 11) is 1.44. The summed E-state index contributed by atoms with van der Waals surface area (Å²) in [5, 5.41) is 3.76. The summed E-state index contributed by atoms with van der Waals surface area (Å²) in [6.07, 6.45) is 4.82. The number of H-pyrrole nitrogens is 1. The van der Waals surface area contributed by atoms with Crippen LogP contribution in [0.5, 0.6) is 0 Å². The smallest absolute Gasteiger partial charge is 0.274 e. The zero-order valence-corrected chi connectivity index (χ0v) is 12.5. The first kappa shape index (κ1) is 14.6. The lowest BCUT2D eigenvalue weighted by Crippen LogP contribution is -2.20. The second-order valence-corrected chi connectivity index (χ2v) is 4.94. The molecule has 6 nitrogen and oxygen atoms in total. The van der Waals surface area contributed by atoms with Crippen LogP contribution in [0.1, 0.15) is 0 Å². The van der Waals surface area contributed by atoms with E-state index in [2.05, 4.69) is 15.3 Å². The second-order valence-electron chi connectivity index (χ2n) is 4.94. The number of ether oxygens (including phenoxy) is 1. The lowest BCUT2D eigenvalue weighted by molar-refractivity contribution is -0.113. The minimum Gasteiger partial charge on any atom is -0.502 e. The van der Waals surface area contributed by atoms with Gasteiger partial charge in [-0.05, 0) is 35.4 Å². The zero-order chi connectivity index (χ0) is 16.2. The lowest BCUT2D eigenvalue weighted by atomic mass is 10.0. The van der Waals surface area contributed by atoms with Crippen molar-refractivity contribution in [2.75, 3.05) is 12.4 Å². The number of nitrogens with two attached hydrogens (primary N) is 1. The first-order valence-corrected chi connectivity index (χ1v) is 7.01. The molecule has 2 aromatic heterocycles. The Labute approximate surface area is 133 Å². The predicted octanol–water partition coefficient (Wildman–Crippen LogP) is 2.61. The van der Waals surface area contributed by atoms with Gasteiger partial charge in [-0.3, -0.25) is 4.79 Å². The average molecular weight is 308 g/mol. The van der Waals surface area contributed by atoms with Crippen LogP contribution in [-0.4, -0.2) is 23.0 Å². The van der Waals surface area contributed by atoms with Crippen LogP contribution in [0, 0.1) is 0 Å². The van der Waals surface area contributed by atoms with Crippen molar-refractivity contribution < 1.29 is 9.53 Å². The molecule has 0 saturated heterocycles. The van der Waals surface area contributed by atoms with Crippen LogP contribution in [0.4, 0.5) is 5.69 Å². The van der Waals surface area contributed by atoms with Crippen molar-refractivity contribution in [3.63, 3.8) is 0 Å². The van der Waals surface area contributed by atoms with Gasteiger partial charge in [-0.1, -0.05) is 12.1 Å². The Balaban J connectivity index is 1.84. The maximum atomic E-state index is 11.8. The summed E-state index contributed by atoms with van der Waals surface area (Å²) in [4.78, 5) is 19.2. The minimum atomic E-state index is -0.406. The normalized spacial score (nSPS) is 11.4. The number of aromatic nitrogens is 2. The number of fused-ring (bicyclic) bond motifs is 1. The number of aromatic amines is 1. The minimum absolute atomic E-state index is 0.0136. The number of rotatable bonds is 4. The highest BCUT2D eigenvalue weighted by molar-refractivity contribution is 6.03. The molecule has 3 rings (SSSR count). The highest BCUT2D eigenvalue weighted by Gasteiger charge is 2.08. The maximum absolute atomic E-state index is 11.8. The van der Waals surface area contributed by atoms with E-state index in [0.717, 1.165) is 22.2 Å². The SMILES string of the molecule is COC=C(N)C(=O)Nc1ccc(-c2ccnc3[nH]ccc23)cc1. The van der Waals surface area contributed by atoms with Gasteiger partial charge in [-0.25, -0.2) is 4.98 Å². The summed E-state index contributed by atoms with van der Waals surface area (Å²) in [5.74, 6) is -0.406. The molecular formula is C17H16N4O2. The third kappa shape index (κ3) is 3.01. The number of nitrogens with zero attached hydrogens (tertiary/aromatic N) is 1. The van der Waals surface area contributed by atoms with E-state index < -0.39 is 5.91 Å². The molecule has 0 spiro atoms. The number of amides is 1. The van der Waals surface area contributed by atoms with Crippen molar-refractivity contribution in [2.45, 2.75) is 0 Å². The Kier molecular flexibility index (Phi) is 3.97. The first-order chi connectivity index (χ1) is 11.2. The molecule has 0 unspecified atom stereocenters. The van der Waals surface area contributed by atoms with E-state index in [1.165, 1.54) is 13.4 Å². The molecule has 1 aromatic carbocycles. The van der Waals surface area contributed by atoms with Crippen molar-refractivity contribution in [3.8, 4) is 11.1 Å². The van der Waals surface area contributed by atoms with Crippen LogP contribution >= 0.6 is 0 Å². The van der Waals surface area contributed by atoms with Crippen LogP contribution in [0.3, 0.4) is 0 Å². The Morgan fingerprint density at radius 1 is 1.26 bits per heavy atom. The fraction of sp³-hybridized carbons (Fsp3) is 0.0588. The Hall–Kier alpha value is -3.28. The second kappa shape index (κ2) is 6.23. The zero-order valence-electron chi connectivity index (χ0n) is 12.5. The number of pyridine rings is 1. The number of hydrogen-bond acceptors (Lipinski definition) is 4. The fourth-order valence-electron chi connectivity index (χ4n) is 2.33. The van der Waals surface area contributed by atoms with Gasteiger partial charge in [-0.15, -0.1) is 0 Å². The van der Waals surface area contributed by atoms with Gasteiger partial charge in [0, 0.05) is 23.5 Å². The van der Waals surface area contributed by atoms with Gasteiger partial charge in [0.25, 0.3) is 5.91 Å². The standard InChI is InChI=1S/C17H16N4O2/c1-23-10-15(18)17(22)21-12-4-2-11(3-5-12)13-6-8-19-16-14(13)7-9-20-16/h2-10H,18H2,1H3,(H,19,20)(H,21,22). The highest BCUT2D eigenvalue weighted by atomic mass is 16.5. The molecule has 0 aliphatic rings. The van der Waals surface area contributed by atoms with Gasteiger partial charge in [0.1, 0.15) is 17.6 Å². The molecule has 23 heavy (non-hydrogen) atoms. The highest BCUT2D eigenvalue weighted by Crippen LogP contribution is 2.27. The topological polar surface area (TPSA) is 93.0 Å². The molecule has 0 aliphatic heterocycles. The molecule has 0 radical (unpaired) electrons. The number of hydrogen-bond donors (Lipinski definition) is 3. The molecular weight excluding hydrogens is 292 g/mol. The largest absolute Gasteiger partial charge is 0.502 e. The van der Waals surface area contributed by atoms with Crippen molar-refractivity contribution in [2.24, 2.45) is 5.73 Å². The van der Waals surface area contributed by atoms with Crippen LogP contribution in [0.25, 0.3) is 22.2 Å². The van der Waals surface area contributed by atoms with Gasteiger partial charge in [0.05, 0.1) is 7.11 Å². The fourth-order valence-corrected chi connectivity index (χ4v) is 2.33. The quantitative estimate of drug-likeness (QED) is 0.510. The molecule has 0 aliphatic carbocycles. The van der Waals surface area contributed by atoms with Gasteiger partial charge in [0.15, 0.2) is 0 Å². The molecule has 3 aromatic rings. The van der Waals surface area contributed by atoms with Crippen molar-refractivity contribution in [1.29, 1.82) is 0 Å². The Bertz CT molecular complexity index is 866. The maximum Gasteiger partial charge on any atom is 0.274 e. The first-order valence-electron chi connectivity index (χ1n) is 7.01. The van der Waals surface area contributed by atoms with Crippen LogP contribution in [0.15, 0.2) is 60.8 Å². The number of benzene rings is 1.